The number of aliphatic carboxylic acids is 1. The summed E-state index contributed by atoms with van der Waals surface area (Å²) in [5.41, 5.74) is 4.89. The van der Waals surface area contributed by atoms with Crippen LogP contribution in [-0.4, -0.2) is 42.5 Å². The number of rotatable bonds is 4. The Morgan fingerprint density at radius 1 is 1.67 bits per heavy atom. The Labute approximate surface area is 99.4 Å². The molecule has 0 spiro atoms. The van der Waals surface area contributed by atoms with E-state index in [2.05, 4.69) is 20.6 Å². The Kier molecular flexibility index (Phi) is 2.93. The normalized spacial score (nSPS) is 12.6. The zero-order valence-electron chi connectivity index (χ0n) is 9.32. The number of tetrazole rings is 1. The zero-order chi connectivity index (χ0) is 13.3. The minimum Gasteiger partial charge on any atom is -0.480 e. The highest BCUT2D eigenvalue weighted by atomic mass is 16.5. The van der Waals surface area contributed by atoms with E-state index in [0.29, 0.717) is 0 Å². The molecule has 0 amide bonds. The number of aryl methyl sites for hydroxylation is 1. The highest BCUT2D eigenvalue weighted by molar-refractivity contribution is 5.74. The van der Waals surface area contributed by atoms with Crippen LogP contribution in [0, 0.1) is 0 Å². The molecule has 4 N–H and O–H groups in total. The van der Waals surface area contributed by atoms with Gasteiger partial charge in [0.25, 0.3) is 5.56 Å². The molecule has 10 heteroatoms. The van der Waals surface area contributed by atoms with Crippen LogP contribution in [0.25, 0.3) is 11.6 Å². The summed E-state index contributed by atoms with van der Waals surface area (Å²) in [4.78, 5) is 23.4. The standard InChI is InChI=1S/C8H10N6O4/c1-14-11-6(10-13-14)5-3(7(15)12-18-5)2-4(9)8(16)17/h4H,2,9H2,1H3,(H,12,15)(H,16,17)/t4-/m1/s1. The number of carboxylic acids is 1. The van der Waals surface area contributed by atoms with Crippen molar-refractivity contribution in [3.63, 3.8) is 0 Å². The maximum Gasteiger partial charge on any atom is 0.320 e. The molecule has 0 aliphatic rings. The Balaban J connectivity index is 2.39. The summed E-state index contributed by atoms with van der Waals surface area (Å²) in [6.45, 7) is 0. The molecule has 0 aliphatic carbocycles. The smallest absolute Gasteiger partial charge is 0.320 e. The van der Waals surface area contributed by atoms with Crippen molar-refractivity contribution < 1.29 is 14.4 Å². The SMILES string of the molecule is Cn1nnc(-c2o[nH]c(=O)c2C[C@@H](N)C(=O)O)n1. The third-order valence-electron chi connectivity index (χ3n) is 2.25. The van der Waals surface area contributed by atoms with Crippen LogP contribution in [0.15, 0.2) is 9.32 Å². The second-order valence-corrected chi connectivity index (χ2v) is 3.59. The molecule has 2 rings (SSSR count). The maximum atomic E-state index is 11.5. The van der Waals surface area contributed by atoms with Crippen LogP contribution in [0.2, 0.25) is 0 Å². The van der Waals surface area contributed by atoms with E-state index in [-0.39, 0.29) is 23.6 Å². The van der Waals surface area contributed by atoms with Crippen LogP contribution >= 0.6 is 0 Å². The van der Waals surface area contributed by atoms with Crippen LogP contribution in [0.4, 0.5) is 0 Å². The van der Waals surface area contributed by atoms with Crippen LogP contribution in [0.5, 0.6) is 0 Å². The molecule has 1 atom stereocenters. The van der Waals surface area contributed by atoms with E-state index >= 15 is 0 Å². The summed E-state index contributed by atoms with van der Waals surface area (Å²) in [6.07, 6.45) is -0.186. The van der Waals surface area contributed by atoms with E-state index in [9.17, 15) is 9.59 Å². The summed E-state index contributed by atoms with van der Waals surface area (Å²) in [6, 6.07) is -1.21. The number of nitrogens with zero attached hydrogens (tertiary/aromatic N) is 4. The van der Waals surface area contributed by atoms with Gasteiger partial charge < -0.3 is 15.4 Å². The summed E-state index contributed by atoms with van der Waals surface area (Å²) < 4.78 is 4.91. The van der Waals surface area contributed by atoms with Gasteiger partial charge in [-0.2, -0.15) is 9.95 Å². The van der Waals surface area contributed by atoms with Crippen molar-refractivity contribution in [2.75, 3.05) is 0 Å². The van der Waals surface area contributed by atoms with Crippen molar-refractivity contribution in [2.45, 2.75) is 12.5 Å². The summed E-state index contributed by atoms with van der Waals surface area (Å²) >= 11 is 0. The van der Waals surface area contributed by atoms with E-state index < -0.39 is 17.6 Å². The molecule has 0 saturated heterocycles. The van der Waals surface area contributed by atoms with Gasteiger partial charge >= 0.3 is 5.97 Å². The van der Waals surface area contributed by atoms with Gasteiger partial charge in [-0.15, -0.1) is 10.2 Å². The minimum absolute atomic E-state index is 0.0461. The average Bonchev–Trinajstić information content (AvgIpc) is 2.87. The van der Waals surface area contributed by atoms with Crippen molar-refractivity contribution in [3.8, 4) is 11.6 Å². The van der Waals surface area contributed by atoms with Gasteiger partial charge in [-0.3, -0.25) is 9.59 Å². The minimum atomic E-state index is -1.21. The van der Waals surface area contributed by atoms with Crippen molar-refractivity contribution in [2.24, 2.45) is 12.8 Å². The molecular formula is C8H10N6O4. The number of aromatic amines is 1. The van der Waals surface area contributed by atoms with Crippen LogP contribution in [0.3, 0.4) is 0 Å². The predicted octanol–water partition coefficient (Wildman–Crippen LogP) is -1.89. The first-order chi connectivity index (χ1) is 8.49. The highest BCUT2D eigenvalue weighted by Gasteiger charge is 2.23. The van der Waals surface area contributed by atoms with Crippen LogP contribution in [-0.2, 0) is 18.3 Å². The van der Waals surface area contributed by atoms with Gasteiger partial charge in [-0.25, -0.2) is 0 Å². The first-order valence-electron chi connectivity index (χ1n) is 4.92. The van der Waals surface area contributed by atoms with Gasteiger partial charge in [0, 0.05) is 6.42 Å². The number of hydrogen-bond donors (Lipinski definition) is 3. The van der Waals surface area contributed by atoms with Crippen molar-refractivity contribution >= 4 is 5.97 Å². The Bertz CT molecular complexity index is 626. The third kappa shape index (κ3) is 2.13. The molecule has 0 saturated carbocycles. The van der Waals surface area contributed by atoms with E-state index in [1.807, 2.05) is 0 Å². The lowest BCUT2D eigenvalue weighted by molar-refractivity contribution is -0.138. The lowest BCUT2D eigenvalue weighted by Crippen LogP contribution is -2.33. The molecule has 96 valence electrons. The van der Waals surface area contributed by atoms with E-state index in [4.69, 9.17) is 15.4 Å². The van der Waals surface area contributed by atoms with Crippen LogP contribution < -0.4 is 11.3 Å². The second kappa shape index (κ2) is 4.41. The summed E-state index contributed by atoms with van der Waals surface area (Å²) in [5.74, 6) is -1.08. The number of nitrogens with two attached hydrogens (primary N) is 1. The van der Waals surface area contributed by atoms with Gasteiger partial charge in [0.15, 0.2) is 0 Å². The number of H-pyrrole nitrogens is 1. The largest absolute Gasteiger partial charge is 0.480 e. The average molecular weight is 254 g/mol. The maximum absolute atomic E-state index is 11.5. The first-order valence-corrected chi connectivity index (χ1v) is 4.92. The van der Waals surface area contributed by atoms with E-state index in [1.165, 1.54) is 4.80 Å². The second-order valence-electron chi connectivity index (χ2n) is 3.59. The molecule has 0 bridgehead atoms. The molecule has 0 aromatic carbocycles. The molecule has 0 radical (unpaired) electrons. The number of carboxylic acid groups (broad SMARTS) is 1. The lowest BCUT2D eigenvalue weighted by atomic mass is 10.1. The van der Waals surface area contributed by atoms with Gasteiger partial charge in [-0.1, -0.05) is 0 Å². The van der Waals surface area contributed by atoms with Crippen molar-refractivity contribution in [1.29, 1.82) is 0 Å². The number of carbonyl (C=O) groups is 1. The van der Waals surface area contributed by atoms with Crippen molar-refractivity contribution in [1.82, 2.24) is 25.4 Å². The third-order valence-corrected chi connectivity index (χ3v) is 2.25. The molecular weight excluding hydrogens is 244 g/mol. The summed E-state index contributed by atoms with van der Waals surface area (Å²) in [5, 5.41) is 21.9. The molecule has 2 aromatic rings. The highest BCUT2D eigenvalue weighted by Crippen LogP contribution is 2.16. The molecule has 0 fully saturated rings. The van der Waals surface area contributed by atoms with Crippen molar-refractivity contribution in [3.05, 3.63) is 15.9 Å². The first kappa shape index (κ1) is 12.0. The number of hydrogen-bond acceptors (Lipinski definition) is 7. The van der Waals surface area contributed by atoms with Gasteiger partial charge in [-0.05, 0) is 5.21 Å². The lowest BCUT2D eigenvalue weighted by Gasteiger charge is -2.02. The van der Waals surface area contributed by atoms with Crippen LogP contribution in [0.1, 0.15) is 5.56 Å². The van der Waals surface area contributed by atoms with Gasteiger partial charge in [0.2, 0.25) is 11.6 Å². The molecule has 0 unspecified atom stereocenters. The fraction of sp³-hybridized carbons (Fsp3) is 0.375. The van der Waals surface area contributed by atoms with Gasteiger partial charge in [0.05, 0.1) is 12.6 Å². The Hall–Kier alpha value is -2.49. The zero-order valence-corrected chi connectivity index (χ0v) is 9.32. The van der Waals surface area contributed by atoms with E-state index in [1.54, 1.807) is 7.05 Å². The number of nitrogens with one attached hydrogen (secondary N) is 1. The Morgan fingerprint density at radius 2 is 2.39 bits per heavy atom. The monoisotopic (exact) mass is 254 g/mol. The summed E-state index contributed by atoms with van der Waals surface area (Å²) in [7, 11) is 1.55. The molecule has 18 heavy (non-hydrogen) atoms. The predicted molar refractivity (Wildman–Crippen MR) is 56.4 cm³/mol. The molecule has 0 aliphatic heterocycles. The quantitative estimate of drug-likeness (QED) is 0.572. The fourth-order valence-electron chi connectivity index (χ4n) is 1.37. The topological polar surface area (TPSA) is 153 Å². The van der Waals surface area contributed by atoms with E-state index in [0.717, 1.165) is 0 Å². The molecule has 2 aromatic heterocycles. The Morgan fingerprint density at radius 3 is 2.94 bits per heavy atom. The number of aromatic nitrogens is 5. The fourth-order valence-corrected chi connectivity index (χ4v) is 1.37. The molecule has 10 nitrogen and oxygen atoms in total. The molecule has 2 heterocycles. The van der Waals surface area contributed by atoms with Gasteiger partial charge in [0.1, 0.15) is 6.04 Å².